The second-order valence-electron chi connectivity index (χ2n) is 6.65. The molecule has 1 aliphatic heterocycles. The molecule has 1 saturated heterocycles. The molecule has 1 amide bonds. The Labute approximate surface area is 123 Å². The number of nitrogens with one attached hydrogen (secondary N) is 1. The van der Waals surface area contributed by atoms with Crippen LogP contribution in [-0.4, -0.2) is 42.5 Å². The number of carbonyl (C=O) groups is 1. The number of hydrogen-bond acceptors (Lipinski definition) is 3. The highest BCUT2D eigenvalue weighted by Crippen LogP contribution is 2.23. The molecule has 0 radical (unpaired) electrons. The zero-order chi connectivity index (χ0) is 14.4. The van der Waals surface area contributed by atoms with Crippen LogP contribution < -0.4 is 11.1 Å². The van der Waals surface area contributed by atoms with Crippen LogP contribution in [0.1, 0.15) is 58.3 Å². The first-order valence-corrected chi connectivity index (χ1v) is 8.44. The lowest BCUT2D eigenvalue weighted by molar-refractivity contribution is -0.126. The third-order valence-electron chi connectivity index (χ3n) is 4.95. The third kappa shape index (κ3) is 4.74. The number of nitrogens with zero attached hydrogens (tertiary/aromatic N) is 1. The maximum atomic E-state index is 12.1. The SMILES string of the molecule is CC1CCCCN1CCCNC(=O)C1CCCC(N)C1. The molecule has 3 N–H and O–H groups in total. The Hall–Kier alpha value is -0.610. The summed E-state index contributed by atoms with van der Waals surface area (Å²) in [7, 11) is 0. The van der Waals surface area contributed by atoms with Gasteiger partial charge >= 0.3 is 0 Å². The first kappa shape index (κ1) is 15.8. The number of likely N-dealkylation sites (tertiary alicyclic amines) is 1. The second kappa shape index (κ2) is 7.99. The molecule has 0 spiro atoms. The summed E-state index contributed by atoms with van der Waals surface area (Å²) in [4.78, 5) is 14.6. The quantitative estimate of drug-likeness (QED) is 0.757. The van der Waals surface area contributed by atoms with Crippen LogP contribution in [0.15, 0.2) is 0 Å². The van der Waals surface area contributed by atoms with Crippen molar-refractivity contribution in [1.82, 2.24) is 10.2 Å². The predicted molar refractivity (Wildman–Crippen MR) is 82.4 cm³/mol. The number of hydrogen-bond donors (Lipinski definition) is 2. The molecule has 1 heterocycles. The van der Waals surface area contributed by atoms with Gasteiger partial charge in [-0.1, -0.05) is 12.8 Å². The van der Waals surface area contributed by atoms with E-state index in [1.54, 1.807) is 0 Å². The van der Waals surface area contributed by atoms with Gasteiger partial charge in [-0.2, -0.15) is 0 Å². The molecule has 20 heavy (non-hydrogen) atoms. The molecule has 3 atom stereocenters. The number of nitrogens with two attached hydrogens (primary N) is 1. The lowest BCUT2D eigenvalue weighted by Crippen LogP contribution is -2.41. The summed E-state index contributed by atoms with van der Waals surface area (Å²) in [5, 5.41) is 3.11. The van der Waals surface area contributed by atoms with Crippen LogP contribution in [0.3, 0.4) is 0 Å². The van der Waals surface area contributed by atoms with Crippen LogP contribution in [0, 0.1) is 5.92 Å². The Balaban J connectivity index is 1.59. The maximum absolute atomic E-state index is 12.1. The van der Waals surface area contributed by atoms with Crippen LogP contribution in [-0.2, 0) is 4.79 Å². The molecule has 2 rings (SSSR count). The van der Waals surface area contributed by atoms with Gasteiger partial charge in [-0.3, -0.25) is 4.79 Å². The molecule has 0 aromatic heterocycles. The topological polar surface area (TPSA) is 58.4 Å². The van der Waals surface area contributed by atoms with Gasteiger partial charge in [-0.05, 0) is 52.0 Å². The third-order valence-corrected chi connectivity index (χ3v) is 4.95. The summed E-state index contributed by atoms with van der Waals surface area (Å²) < 4.78 is 0. The Kier molecular flexibility index (Phi) is 6.30. The molecule has 1 aliphatic carbocycles. The standard InChI is InChI=1S/C16H31N3O/c1-13-6-2-3-10-19(13)11-5-9-18-16(20)14-7-4-8-15(17)12-14/h13-15H,2-12,17H2,1H3,(H,18,20). The van der Waals surface area contributed by atoms with Gasteiger partial charge in [0.25, 0.3) is 0 Å². The smallest absolute Gasteiger partial charge is 0.223 e. The monoisotopic (exact) mass is 281 g/mol. The largest absolute Gasteiger partial charge is 0.356 e. The average molecular weight is 281 g/mol. The molecule has 2 fully saturated rings. The van der Waals surface area contributed by atoms with Gasteiger partial charge < -0.3 is 16.0 Å². The van der Waals surface area contributed by atoms with Crippen molar-refractivity contribution in [3.63, 3.8) is 0 Å². The van der Waals surface area contributed by atoms with E-state index >= 15 is 0 Å². The van der Waals surface area contributed by atoms with E-state index in [0.29, 0.717) is 0 Å². The first-order valence-electron chi connectivity index (χ1n) is 8.44. The van der Waals surface area contributed by atoms with Crippen molar-refractivity contribution < 1.29 is 4.79 Å². The fourth-order valence-corrected chi connectivity index (χ4v) is 3.59. The van der Waals surface area contributed by atoms with Crippen molar-refractivity contribution in [1.29, 1.82) is 0 Å². The van der Waals surface area contributed by atoms with E-state index in [1.807, 2.05) is 0 Å². The van der Waals surface area contributed by atoms with Gasteiger partial charge in [0, 0.05) is 31.1 Å². The highest BCUT2D eigenvalue weighted by atomic mass is 16.1. The molecule has 1 saturated carbocycles. The summed E-state index contributed by atoms with van der Waals surface area (Å²) in [6.45, 7) is 5.48. The van der Waals surface area contributed by atoms with Crippen molar-refractivity contribution in [2.45, 2.75) is 70.4 Å². The van der Waals surface area contributed by atoms with Crippen molar-refractivity contribution in [2.75, 3.05) is 19.6 Å². The number of rotatable bonds is 5. The van der Waals surface area contributed by atoms with Crippen LogP contribution >= 0.6 is 0 Å². The Bertz CT molecular complexity index is 308. The van der Waals surface area contributed by atoms with Gasteiger partial charge in [0.05, 0.1) is 0 Å². The fraction of sp³-hybridized carbons (Fsp3) is 0.938. The lowest BCUT2D eigenvalue weighted by atomic mass is 9.85. The van der Waals surface area contributed by atoms with Crippen molar-refractivity contribution in [2.24, 2.45) is 11.7 Å². The number of piperidine rings is 1. The normalized spacial score (nSPS) is 32.0. The van der Waals surface area contributed by atoms with Gasteiger partial charge in [0.2, 0.25) is 5.91 Å². The highest BCUT2D eigenvalue weighted by molar-refractivity contribution is 5.78. The lowest BCUT2D eigenvalue weighted by Gasteiger charge is -2.33. The summed E-state index contributed by atoms with van der Waals surface area (Å²) >= 11 is 0. The second-order valence-corrected chi connectivity index (χ2v) is 6.65. The zero-order valence-corrected chi connectivity index (χ0v) is 12.9. The molecule has 0 aromatic rings. The minimum Gasteiger partial charge on any atom is -0.356 e. The molecule has 4 nitrogen and oxygen atoms in total. The van der Waals surface area contributed by atoms with E-state index in [9.17, 15) is 4.79 Å². The van der Waals surface area contributed by atoms with Crippen molar-refractivity contribution in [3.05, 3.63) is 0 Å². The fourth-order valence-electron chi connectivity index (χ4n) is 3.59. The zero-order valence-electron chi connectivity index (χ0n) is 12.9. The molecule has 3 unspecified atom stereocenters. The van der Waals surface area contributed by atoms with Crippen molar-refractivity contribution in [3.8, 4) is 0 Å². The summed E-state index contributed by atoms with van der Waals surface area (Å²) in [5.74, 6) is 0.388. The minimum atomic E-state index is 0.160. The molecule has 2 aliphatic rings. The van der Waals surface area contributed by atoms with Crippen LogP contribution in [0.25, 0.3) is 0 Å². The van der Waals surface area contributed by atoms with Crippen molar-refractivity contribution >= 4 is 5.91 Å². The van der Waals surface area contributed by atoms with Crippen LogP contribution in [0.2, 0.25) is 0 Å². The predicted octanol–water partition coefficient (Wildman–Crippen LogP) is 1.88. The molecular formula is C16H31N3O. The van der Waals surface area contributed by atoms with E-state index in [1.165, 1.54) is 25.8 Å². The molecule has 0 bridgehead atoms. The van der Waals surface area contributed by atoms with E-state index in [2.05, 4.69) is 17.1 Å². The van der Waals surface area contributed by atoms with E-state index < -0.39 is 0 Å². The van der Waals surface area contributed by atoms with E-state index in [4.69, 9.17) is 5.73 Å². The summed E-state index contributed by atoms with van der Waals surface area (Å²) in [5.41, 5.74) is 5.94. The van der Waals surface area contributed by atoms with Gasteiger partial charge in [-0.15, -0.1) is 0 Å². The van der Waals surface area contributed by atoms with E-state index in [0.717, 1.165) is 51.2 Å². The Morgan fingerprint density at radius 1 is 1.25 bits per heavy atom. The minimum absolute atomic E-state index is 0.160. The Morgan fingerprint density at radius 3 is 2.85 bits per heavy atom. The first-order chi connectivity index (χ1) is 9.66. The molecule has 116 valence electrons. The number of carbonyl (C=O) groups excluding carboxylic acids is 1. The van der Waals surface area contributed by atoms with Gasteiger partial charge in [0.15, 0.2) is 0 Å². The van der Waals surface area contributed by atoms with Crippen LogP contribution in [0.4, 0.5) is 0 Å². The molecule has 4 heteroatoms. The number of amides is 1. The Morgan fingerprint density at radius 2 is 2.10 bits per heavy atom. The van der Waals surface area contributed by atoms with Crippen LogP contribution in [0.5, 0.6) is 0 Å². The maximum Gasteiger partial charge on any atom is 0.223 e. The molecule has 0 aromatic carbocycles. The van der Waals surface area contributed by atoms with E-state index in [-0.39, 0.29) is 17.9 Å². The van der Waals surface area contributed by atoms with Gasteiger partial charge in [-0.25, -0.2) is 0 Å². The summed E-state index contributed by atoms with van der Waals surface area (Å²) in [6, 6.07) is 0.949. The summed E-state index contributed by atoms with van der Waals surface area (Å²) in [6.07, 6.45) is 9.16. The average Bonchev–Trinajstić information content (AvgIpc) is 2.45. The van der Waals surface area contributed by atoms with Gasteiger partial charge in [0.1, 0.15) is 0 Å². The highest BCUT2D eigenvalue weighted by Gasteiger charge is 2.25. The molecular weight excluding hydrogens is 250 g/mol.